The van der Waals surface area contributed by atoms with E-state index < -0.39 is 0 Å². The zero-order valence-electron chi connectivity index (χ0n) is 15.0. The van der Waals surface area contributed by atoms with Crippen molar-refractivity contribution in [2.45, 2.75) is 64.3 Å². The van der Waals surface area contributed by atoms with E-state index in [0.717, 1.165) is 24.0 Å². The van der Waals surface area contributed by atoms with Crippen molar-refractivity contribution in [3.05, 3.63) is 35.9 Å². The summed E-state index contributed by atoms with van der Waals surface area (Å²) in [5.41, 5.74) is 2.67. The van der Waals surface area contributed by atoms with E-state index in [1.54, 1.807) is 0 Å². The Morgan fingerprint density at radius 3 is 2.33 bits per heavy atom. The predicted molar refractivity (Wildman–Crippen MR) is 104 cm³/mol. The van der Waals surface area contributed by atoms with Crippen molar-refractivity contribution in [1.29, 1.82) is 0 Å². The summed E-state index contributed by atoms with van der Waals surface area (Å²) in [6.45, 7) is 5.93. The minimum atomic E-state index is 0.250. The summed E-state index contributed by atoms with van der Waals surface area (Å²) in [5, 5.41) is 8.09. The molecule has 0 radical (unpaired) electrons. The Morgan fingerprint density at radius 1 is 1.04 bits per heavy atom. The summed E-state index contributed by atoms with van der Waals surface area (Å²) in [6.07, 6.45) is 9.21. The van der Waals surface area contributed by atoms with Gasteiger partial charge in [-0.3, -0.25) is 0 Å². The molecule has 0 spiro atoms. The molecular formula is C21H30N2S. The smallest absolute Gasteiger partial charge is 0.166 e. The van der Waals surface area contributed by atoms with Gasteiger partial charge in [-0.2, -0.15) is 0 Å². The highest BCUT2D eigenvalue weighted by Gasteiger charge is 2.60. The van der Waals surface area contributed by atoms with Crippen LogP contribution in [-0.4, -0.2) is 17.2 Å². The first-order valence-electron chi connectivity index (χ1n) is 9.48. The molecule has 1 aromatic carbocycles. The molecule has 2 nitrogen and oxygen atoms in total. The van der Waals surface area contributed by atoms with Crippen molar-refractivity contribution < 1.29 is 0 Å². The van der Waals surface area contributed by atoms with Crippen LogP contribution in [0.25, 0.3) is 0 Å². The van der Waals surface area contributed by atoms with Crippen molar-refractivity contribution in [2.24, 2.45) is 16.7 Å². The minimum Gasteiger partial charge on any atom is -0.362 e. The van der Waals surface area contributed by atoms with Gasteiger partial charge in [0.15, 0.2) is 5.11 Å². The number of hydrogen-bond acceptors (Lipinski definition) is 1. The van der Waals surface area contributed by atoms with Gasteiger partial charge < -0.3 is 10.6 Å². The molecule has 4 aliphatic carbocycles. The standard InChI is InChI=1S/C21H30N2S/c1-19-10-17-11-20(2,13-19)15-21(12-17,14-19)23-18(24)22-9-8-16-6-4-3-5-7-16/h3-7,17H,8-15H2,1-2H3,(H2,22,23,24). The van der Waals surface area contributed by atoms with Gasteiger partial charge >= 0.3 is 0 Å². The van der Waals surface area contributed by atoms with Crippen molar-refractivity contribution in [3.8, 4) is 0 Å². The topological polar surface area (TPSA) is 24.1 Å². The summed E-state index contributed by atoms with van der Waals surface area (Å²) in [4.78, 5) is 0. The van der Waals surface area contributed by atoms with E-state index in [-0.39, 0.29) is 5.54 Å². The van der Waals surface area contributed by atoms with Gasteiger partial charge in [0.05, 0.1) is 0 Å². The van der Waals surface area contributed by atoms with Gasteiger partial charge in [-0.25, -0.2) is 0 Å². The Hall–Kier alpha value is -1.09. The average Bonchev–Trinajstić information content (AvgIpc) is 2.43. The molecule has 4 saturated carbocycles. The summed E-state index contributed by atoms with van der Waals surface area (Å²) >= 11 is 5.66. The Morgan fingerprint density at radius 2 is 1.71 bits per heavy atom. The third-order valence-electron chi connectivity index (χ3n) is 6.55. The second-order valence-corrected chi connectivity index (χ2v) is 9.94. The van der Waals surface area contributed by atoms with Crippen LogP contribution in [0, 0.1) is 16.7 Å². The molecule has 4 aliphatic rings. The molecule has 0 amide bonds. The Labute approximate surface area is 151 Å². The van der Waals surface area contributed by atoms with Crippen LogP contribution in [0.2, 0.25) is 0 Å². The highest BCUT2D eigenvalue weighted by Crippen LogP contribution is 2.66. The number of hydrogen-bond donors (Lipinski definition) is 2. The fourth-order valence-electron chi connectivity index (χ4n) is 6.84. The first-order valence-corrected chi connectivity index (χ1v) is 9.89. The molecule has 24 heavy (non-hydrogen) atoms. The van der Waals surface area contributed by atoms with Crippen LogP contribution in [-0.2, 0) is 6.42 Å². The van der Waals surface area contributed by atoms with E-state index in [1.165, 1.54) is 44.1 Å². The third-order valence-corrected chi connectivity index (χ3v) is 6.79. The first-order chi connectivity index (χ1) is 11.4. The van der Waals surface area contributed by atoms with Gasteiger partial charge in [-0.15, -0.1) is 0 Å². The van der Waals surface area contributed by atoms with Crippen LogP contribution in [0.1, 0.15) is 57.9 Å². The monoisotopic (exact) mass is 342 g/mol. The highest BCUT2D eigenvalue weighted by atomic mass is 32.1. The zero-order chi connectivity index (χ0) is 16.8. The molecule has 0 aromatic heterocycles. The van der Waals surface area contributed by atoms with Gasteiger partial charge in [-0.05, 0) is 79.5 Å². The fraction of sp³-hybridized carbons (Fsp3) is 0.667. The van der Waals surface area contributed by atoms with E-state index in [2.05, 4.69) is 54.8 Å². The molecule has 1 aromatic rings. The van der Waals surface area contributed by atoms with Gasteiger partial charge in [0, 0.05) is 12.1 Å². The van der Waals surface area contributed by atoms with Crippen LogP contribution in [0.15, 0.2) is 30.3 Å². The van der Waals surface area contributed by atoms with Gasteiger partial charge in [-0.1, -0.05) is 44.2 Å². The molecule has 3 heteroatoms. The number of thiocarbonyl (C=S) groups is 1. The quantitative estimate of drug-likeness (QED) is 0.791. The van der Waals surface area contributed by atoms with Crippen LogP contribution in [0.3, 0.4) is 0 Å². The molecule has 2 N–H and O–H groups in total. The fourth-order valence-corrected chi connectivity index (χ4v) is 7.16. The third kappa shape index (κ3) is 3.20. The molecule has 0 aliphatic heterocycles. The Bertz CT molecular complexity index is 608. The molecule has 2 atom stereocenters. The van der Waals surface area contributed by atoms with Gasteiger partial charge in [0.1, 0.15) is 0 Å². The summed E-state index contributed by atoms with van der Waals surface area (Å²) in [6, 6.07) is 10.6. The van der Waals surface area contributed by atoms with Crippen molar-refractivity contribution in [3.63, 3.8) is 0 Å². The summed E-state index contributed by atoms with van der Waals surface area (Å²) in [7, 11) is 0. The van der Waals surface area contributed by atoms with Crippen LogP contribution in [0.4, 0.5) is 0 Å². The number of rotatable bonds is 4. The zero-order valence-corrected chi connectivity index (χ0v) is 15.8. The molecule has 0 saturated heterocycles. The maximum Gasteiger partial charge on any atom is 0.166 e. The van der Waals surface area contributed by atoms with Crippen molar-refractivity contribution in [1.82, 2.24) is 10.6 Å². The van der Waals surface area contributed by atoms with E-state index in [1.807, 2.05) is 0 Å². The lowest BCUT2D eigenvalue weighted by Crippen LogP contribution is -2.66. The Kier molecular flexibility index (Phi) is 3.91. The normalized spacial score (nSPS) is 39.7. The maximum absolute atomic E-state index is 5.66. The second-order valence-electron chi connectivity index (χ2n) is 9.53. The summed E-state index contributed by atoms with van der Waals surface area (Å²) < 4.78 is 0. The van der Waals surface area contributed by atoms with Crippen molar-refractivity contribution in [2.75, 3.05) is 6.54 Å². The molecule has 2 unspecified atom stereocenters. The lowest BCUT2D eigenvalue weighted by Gasteiger charge is -2.65. The molecular weight excluding hydrogens is 312 g/mol. The lowest BCUT2D eigenvalue weighted by atomic mass is 9.43. The van der Waals surface area contributed by atoms with Gasteiger partial charge in [0.25, 0.3) is 0 Å². The van der Waals surface area contributed by atoms with E-state index in [4.69, 9.17) is 12.2 Å². The molecule has 4 bridgehead atoms. The van der Waals surface area contributed by atoms with Crippen LogP contribution < -0.4 is 10.6 Å². The molecule has 130 valence electrons. The first kappa shape index (κ1) is 16.4. The SMILES string of the molecule is CC12CC3CC(C)(C1)CC(NC(=S)NCCc1ccccc1)(C3)C2. The molecule has 4 fully saturated rings. The van der Waals surface area contributed by atoms with Crippen LogP contribution in [0.5, 0.6) is 0 Å². The predicted octanol–water partition coefficient (Wildman–Crippen LogP) is 4.44. The van der Waals surface area contributed by atoms with Crippen LogP contribution >= 0.6 is 12.2 Å². The second kappa shape index (κ2) is 5.72. The highest BCUT2D eigenvalue weighted by molar-refractivity contribution is 7.80. The maximum atomic E-state index is 5.66. The minimum absolute atomic E-state index is 0.250. The molecule has 0 heterocycles. The van der Waals surface area contributed by atoms with E-state index in [9.17, 15) is 0 Å². The van der Waals surface area contributed by atoms with Crippen molar-refractivity contribution >= 4 is 17.3 Å². The molecule has 5 rings (SSSR count). The number of benzene rings is 1. The Balaban J connectivity index is 1.35. The average molecular weight is 343 g/mol. The largest absolute Gasteiger partial charge is 0.362 e. The lowest BCUT2D eigenvalue weighted by molar-refractivity contribution is -0.111. The number of nitrogens with one attached hydrogen (secondary N) is 2. The van der Waals surface area contributed by atoms with E-state index in [0.29, 0.717) is 10.8 Å². The summed E-state index contributed by atoms with van der Waals surface area (Å²) in [5.74, 6) is 0.899. The van der Waals surface area contributed by atoms with Gasteiger partial charge in [0.2, 0.25) is 0 Å². The van der Waals surface area contributed by atoms with E-state index >= 15 is 0 Å².